The highest BCUT2D eigenvalue weighted by atomic mass is 16.2. The maximum Gasteiger partial charge on any atom is 0.254 e. The maximum absolute atomic E-state index is 12.4. The zero-order valence-corrected chi connectivity index (χ0v) is 9.93. The molecule has 2 atom stereocenters. The molecule has 2 fully saturated rings. The molecule has 1 aromatic rings. The average Bonchev–Trinajstić information content (AvgIpc) is 3.00. The summed E-state index contributed by atoms with van der Waals surface area (Å²) < 4.78 is 0. The van der Waals surface area contributed by atoms with Crippen molar-refractivity contribution in [3.63, 3.8) is 0 Å². The summed E-state index contributed by atoms with van der Waals surface area (Å²) in [5.41, 5.74) is 7.43. The second kappa shape index (κ2) is 4.15. The Morgan fingerprint density at radius 3 is 2.94 bits per heavy atom. The third-order valence-electron chi connectivity index (χ3n) is 4.08. The topological polar surface area (TPSA) is 46.3 Å². The Hall–Kier alpha value is -1.35. The largest absolute Gasteiger partial charge is 0.335 e. The van der Waals surface area contributed by atoms with Gasteiger partial charge in [0, 0.05) is 24.7 Å². The van der Waals surface area contributed by atoms with Crippen LogP contribution in [-0.2, 0) is 6.54 Å². The number of piperidine rings is 1. The molecule has 1 aliphatic heterocycles. The van der Waals surface area contributed by atoms with Crippen LogP contribution in [0.5, 0.6) is 0 Å². The molecule has 1 heterocycles. The average molecular weight is 230 g/mol. The van der Waals surface area contributed by atoms with Gasteiger partial charge in [0.2, 0.25) is 0 Å². The van der Waals surface area contributed by atoms with Crippen LogP contribution in [0.4, 0.5) is 0 Å². The summed E-state index contributed by atoms with van der Waals surface area (Å²) >= 11 is 0. The number of hydrogen-bond acceptors (Lipinski definition) is 2. The molecule has 3 nitrogen and oxygen atoms in total. The first-order valence-electron chi connectivity index (χ1n) is 6.38. The van der Waals surface area contributed by atoms with Crippen LogP contribution in [-0.4, -0.2) is 23.4 Å². The monoisotopic (exact) mass is 230 g/mol. The van der Waals surface area contributed by atoms with Crippen molar-refractivity contribution < 1.29 is 4.79 Å². The first kappa shape index (κ1) is 10.8. The lowest BCUT2D eigenvalue weighted by Crippen LogP contribution is -2.37. The van der Waals surface area contributed by atoms with Gasteiger partial charge in [0.05, 0.1) is 0 Å². The van der Waals surface area contributed by atoms with E-state index in [1.807, 2.05) is 24.3 Å². The zero-order valence-electron chi connectivity index (χ0n) is 9.93. The number of fused-ring (bicyclic) bond motifs is 2. The van der Waals surface area contributed by atoms with Crippen molar-refractivity contribution in [2.75, 3.05) is 6.54 Å². The van der Waals surface area contributed by atoms with Crippen molar-refractivity contribution in [1.29, 1.82) is 0 Å². The molecule has 0 spiro atoms. The van der Waals surface area contributed by atoms with E-state index in [9.17, 15) is 4.79 Å². The zero-order chi connectivity index (χ0) is 11.8. The molecule has 3 rings (SSSR count). The number of carbonyl (C=O) groups is 1. The van der Waals surface area contributed by atoms with Crippen molar-refractivity contribution >= 4 is 5.91 Å². The summed E-state index contributed by atoms with van der Waals surface area (Å²) in [7, 11) is 0. The van der Waals surface area contributed by atoms with Crippen molar-refractivity contribution in [2.24, 2.45) is 11.7 Å². The number of rotatable bonds is 2. The van der Waals surface area contributed by atoms with Gasteiger partial charge in [0.1, 0.15) is 0 Å². The fourth-order valence-electron chi connectivity index (χ4n) is 3.17. The molecule has 1 amide bonds. The van der Waals surface area contributed by atoms with Crippen LogP contribution in [0.2, 0.25) is 0 Å². The molecule has 1 aliphatic carbocycles. The molecule has 3 heteroatoms. The highest BCUT2D eigenvalue weighted by molar-refractivity contribution is 5.94. The van der Waals surface area contributed by atoms with Gasteiger partial charge in [-0.05, 0) is 42.9 Å². The molecule has 0 aromatic heterocycles. The number of nitrogens with two attached hydrogens (primary N) is 1. The van der Waals surface area contributed by atoms with Crippen LogP contribution in [0.3, 0.4) is 0 Å². The molecule has 2 aliphatic rings. The Kier molecular flexibility index (Phi) is 2.63. The third kappa shape index (κ3) is 1.84. The first-order chi connectivity index (χ1) is 8.28. The molecule has 0 radical (unpaired) electrons. The van der Waals surface area contributed by atoms with E-state index in [-0.39, 0.29) is 5.91 Å². The lowest BCUT2D eigenvalue weighted by Gasteiger charge is -2.27. The summed E-state index contributed by atoms with van der Waals surface area (Å²) in [4.78, 5) is 14.4. The van der Waals surface area contributed by atoms with Crippen molar-refractivity contribution in [3.8, 4) is 0 Å². The Balaban J connectivity index is 1.81. The number of hydrogen-bond donors (Lipinski definition) is 1. The normalized spacial score (nSPS) is 26.5. The number of amides is 1. The molecule has 2 unspecified atom stereocenters. The van der Waals surface area contributed by atoms with E-state index in [2.05, 4.69) is 4.90 Å². The predicted octanol–water partition coefficient (Wildman–Crippen LogP) is 1.77. The van der Waals surface area contributed by atoms with Gasteiger partial charge in [-0.1, -0.05) is 12.1 Å². The Labute approximate surface area is 102 Å². The van der Waals surface area contributed by atoms with Gasteiger partial charge >= 0.3 is 0 Å². The highest BCUT2D eigenvalue weighted by Gasteiger charge is 2.40. The Bertz CT molecular complexity index is 444. The summed E-state index contributed by atoms with van der Waals surface area (Å²) in [6.45, 7) is 1.45. The molecular formula is C14H18N2O. The summed E-state index contributed by atoms with van der Waals surface area (Å²) in [6, 6.07) is 8.20. The second-order valence-corrected chi connectivity index (χ2v) is 5.19. The Morgan fingerprint density at radius 2 is 2.29 bits per heavy atom. The second-order valence-electron chi connectivity index (χ2n) is 5.19. The minimum Gasteiger partial charge on any atom is -0.335 e. The lowest BCUT2D eigenvalue weighted by atomic mass is 10.1. The van der Waals surface area contributed by atoms with E-state index in [0.29, 0.717) is 12.6 Å². The molecule has 2 N–H and O–H groups in total. The molecule has 2 bridgehead atoms. The van der Waals surface area contributed by atoms with Gasteiger partial charge in [-0.3, -0.25) is 4.79 Å². The van der Waals surface area contributed by atoms with E-state index < -0.39 is 0 Å². The van der Waals surface area contributed by atoms with Crippen LogP contribution < -0.4 is 5.73 Å². The number of likely N-dealkylation sites (tertiary alicyclic amines) is 1. The van der Waals surface area contributed by atoms with Gasteiger partial charge < -0.3 is 10.6 Å². The summed E-state index contributed by atoms with van der Waals surface area (Å²) in [6.07, 6.45) is 3.70. The smallest absolute Gasteiger partial charge is 0.254 e. The number of nitrogens with zero attached hydrogens (tertiary/aromatic N) is 1. The number of benzene rings is 1. The third-order valence-corrected chi connectivity index (χ3v) is 4.08. The van der Waals surface area contributed by atoms with Crippen molar-refractivity contribution in [3.05, 3.63) is 35.4 Å². The molecule has 1 saturated heterocycles. The minimum atomic E-state index is 0.188. The van der Waals surface area contributed by atoms with Gasteiger partial charge in [-0.2, -0.15) is 0 Å². The van der Waals surface area contributed by atoms with Crippen molar-refractivity contribution in [2.45, 2.75) is 31.8 Å². The van der Waals surface area contributed by atoms with Crippen LogP contribution in [0.25, 0.3) is 0 Å². The summed E-state index contributed by atoms with van der Waals surface area (Å²) in [5.74, 6) is 0.939. The summed E-state index contributed by atoms with van der Waals surface area (Å²) in [5, 5.41) is 0. The van der Waals surface area contributed by atoms with Crippen molar-refractivity contribution in [1.82, 2.24) is 4.90 Å². The van der Waals surface area contributed by atoms with Crippen LogP contribution in [0.15, 0.2) is 24.3 Å². The quantitative estimate of drug-likeness (QED) is 0.841. The lowest BCUT2D eigenvalue weighted by molar-refractivity contribution is 0.0703. The van der Waals surface area contributed by atoms with E-state index in [0.717, 1.165) is 23.6 Å². The van der Waals surface area contributed by atoms with E-state index in [1.54, 1.807) is 0 Å². The van der Waals surface area contributed by atoms with Gasteiger partial charge in [0.15, 0.2) is 0 Å². The SMILES string of the molecule is NCc1cccc(C(=O)N2CC3CCC2C3)c1. The maximum atomic E-state index is 12.4. The molecular weight excluding hydrogens is 212 g/mol. The predicted molar refractivity (Wildman–Crippen MR) is 66.5 cm³/mol. The molecule has 1 saturated carbocycles. The van der Waals surface area contributed by atoms with Gasteiger partial charge in [-0.25, -0.2) is 0 Å². The standard InChI is InChI=1S/C14H18N2O/c15-8-10-2-1-3-12(6-10)14(17)16-9-11-4-5-13(16)7-11/h1-3,6,11,13H,4-5,7-9,15H2. The Morgan fingerprint density at radius 1 is 1.41 bits per heavy atom. The first-order valence-corrected chi connectivity index (χ1v) is 6.38. The van der Waals surface area contributed by atoms with Gasteiger partial charge in [0.25, 0.3) is 5.91 Å². The van der Waals surface area contributed by atoms with Crippen LogP contribution >= 0.6 is 0 Å². The molecule has 17 heavy (non-hydrogen) atoms. The van der Waals surface area contributed by atoms with Crippen LogP contribution in [0, 0.1) is 5.92 Å². The van der Waals surface area contributed by atoms with Gasteiger partial charge in [-0.15, -0.1) is 0 Å². The van der Waals surface area contributed by atoms with E-state index >= 15 is 0 Å². The minimum absolute atomic E-state index is 0.188. The molecule has 1 aromatic carbocycles. The van der Waals surface area contributed by atoms with Crippen LogP contribution in [0.1, 0.15) is 35.2 Å². The molecule has 90 valence electrons. The fourth-order valence-corrected chi connectivity index (χ4v) is 3.17. The van der Waals surface area contributed by atoms with E-state index in [4.69, 9.17) is 5.73 Å². The fraction of sp³-hybridized carbons (Fsp3) is 0.500. The number of carbonyl (C=O) groups excluding carboxylic acids is 1. The van der Waals surface area contributed by atoms with E-state index in [1.165, 1.54) is 19.3 Å². The highest BCUT2D eigenvalue weighted by Crippen LogP contribution is 2.38.